The molecule has 190 valence electrons. The van der Waals surface area contributed by atoms with Gasteiger partial charge in [0.25, 0.3) is 11.6 Å². The van der Waals surface area contributed by atoms with Gasteiger partial charge in [0.05, 0.1) is 21.9 Å². The van der Waals surface area contributed by atoms with Crippen LogP contribution in [0.3, 0.4) is 0 Å². The van der Waals surface area contributed by atoms with Crippen LogP contribution in [0.1, 0.15) is 18.1 Å². The Labute approximate surface area is 219 Å². The Morgan fingerprint density at radius 3 is 2.32 bits per heavy atom. The van der Waals surface area contributed by atoms with E-state index < -0.39 is 10.8 Å². The number of nitro groups is 1. The van der Waals surface area contributed by atoms with E-state index in [1.807, 2.05) is 73.6 Å². The van der Waals surface area contributed by atoms with E-state index in [1.54, 1.807) is 4.90 Å². The van der Waals surface area contributed by atoms with Crippen molar-refractivity contribution in [1.29, 1.82) is 0 Å². The number of benzene rings is 3. The Morgan fingerprint density at radius 1 is 1.05 bits per heavy atom. The van der Waals surface area contributed by atoms with Crippen LogP contribution in [-0.2, 0) is 9.59 Å². The molecule has 0 fully saturated rings. The molecule has 10 heteroatoms. The molecule has 0 radical (unpaired) electrons. The van der Waals surface area contributed by atoms with Crippen LogP contribution in [0, 0.1) is 10.1 Å². The van der Waals surface area contributed by atoms with Crippen LogP contribution >= 0.6 is 11.6 Å². The van der Waals surface area contributed by atoms with Crippen LogP contribution in [0.4, 0.5) is 22.7 Å². The summed E-state index contributed by atoms with van der Waals surface area (Å²) < 4.78 is 0. The van der Waals surface area contributed by atoms with Gasteiger partial charge in [-0.3, -0.25) is 19.7 Å². The Morgan fingerprint density at radius 2 is 1.73 bits per heavy atom. The lowest BCUT2D eigenvalue weighted by molar-refractivity contribution is -0.384. The van der Waals surface area contributed by atoms with Crippen molar-refractivity contribution in [1.82, 2.24) is 4.90 Å². The second kappa shape index (κ2) is 10.8. The minimum absolute atomic E-state index is 0.0561. The number of hydrogen-bond donors (Lipinski definition) is 2. The molecule has 0 spiro atoms. The maximum atomic E-state index is 13.1. The van der Waals surface area contributed by atoms with Crippen molar-refractivity contribution in [2.75, 3.05) is 42.7 Å². The molecule has 2 amide bonds. The van der Waals surface area contributed by atoms with Gasteiger partial charge in [0, 0.05) is 43.0 Å². The standard InChI is InChI=1S/C27H26ClN5O4/c1-17(34)32(14-13-31(2)3)20-11-9-19(10-12-20)29-26(18-7-5-4-6-8-18)25-21-15-24(33(36)37)22(28)16-23(21)30-27(25)35/h4-12,15-16,29H,13-14H2,1-3H3,(H,30,35). The molecule has 0 atom stereocenters. The average Bonchev–Trinajstić information content (AvgIpc) is 3.17. The van der Waals surface area contributed by atoms with E-state index in [9.17, 15) is 19.7 Å². The fourth-order valence-electron chi connectivity index (χ4n) is 4.09. The molecule has 1 heterocycles. The number of fused-ring (bicyclic) bond motifs is 1. The smallest absolute Gasteiger partial charge is 0.288 e. The third kappa shape index (κ3) is 5.63. The third-order valence-electron chi connectivity index (χ3n) is 5.94. The van der Waals surface area contributed by atoms with E-state index in [2.05, 4.69) is 10.6 Å². The number of halogens is 1. The topological polar surface area (TPSA) is 108 Å². The largest absolute Gasteiger partial charge is 0.354 e. The second-order valence-electron chi connectivity index (χ2n) is 8.82. The summed E-state index contributed by atoms with van der Waals surface area (Å²) in [5.41, 5.74) is 3.40. The Balaban J connectivity index is 1.76. The molecule has 2 N–H and O–H groups in total. The number of rotatable bonds is 8. The number of nitrogens with zero attached hydrogens (tertiary/aromatic N) is 3. The number of carbonyl (C=O) groups excluding carboxylic acids is 2. The van der Waals surface area contributed by atoms with Crippen LogP contribution in [-0.4, -0.2) is 48.8 Å². The molecule has 3 aromatic carbocycles. The number of nitro benzene ring substituents is 1. The van der Waals surface area contributed by atoms with Gasteiger partial charge >= 0.3 is 0 Å². The minimum atomic E-state index is -0.575. The molecule has 0 saturated heterocycles. The van der Waals surface area contributed by atoms with E-state index in [0.29, 0.717) is 35.7 Å². The molecule has 4 rings (SSSR count). The number of likely N-dealkylation sites (N-methyl/N-ethyl adjacent to an activating group) is 1. The Bertz CT molecular complexity index is 1390. The van der Waals surface area contributed by atoms with Gasteiger partial charge in [-0.15, -0.1) is 0 Å². The summed E-state index contributed by atoms with van der Waals surface area (Å²) in [6.45, 7) is 2.79. The molecular formula is C27H26ClN5O4. The van der Waals surface area contributed by atoms with E-state index in [-0.39, 0.29) is 22.2 Å². The van der Waals surface area contributed by atoms with E-state index in [0.717, 1.165) is 11.3 Å². The van der Waals surface area contributed by atoms with E-state index in [4.69, 9.17) is 11.6 Å². The van der Waals surface area contributed by atoms with Crippen LogP contribution in [0.2, 0.25) is 5.02 Å². The van der Waals surface area contributed by atoms with Crippen LogP contribution in [0.15, 0.2) is 66.7 Å². The normalized spacial score (nSPS) is 13.7. The van der Waals surface area contributed by atoms with Gasteiger partial charge < -0.3 is 20.4 Å². The lowest BCUT2D eigenvalue weighted by Gasteiger charge is -2.23. The zero-order chi connectivity index (χ0) is 26.7. The van der Waals surface area contributed by atoms with Gasteiger partial charge in [-0.05, 0) is 50.0 Å². The summed E-state index contributed by atoms with van der Waals surface area (Å²) >= 11 is 6.07. The maximum Gasteiger partial charge on any atom is 0.288 e. The number of amides is 2. The van der Waals surface area contributed by atoms with Crippen molar-refractivity contribution in [2.24, 2.45) is 0 Å². The van der Waals surface area contributed by atoms with Crippen molar-refractivity contribution in [2.45, 2.75) is 6.92 Å². The monoisotopic (exact) mass is 519 g/mol. The predicted molar refractivity (Wildman–Crippen MR) is 147 cm³/mol. The molecule has 3 aromatic rings. The van der Waals surface area contributed by atoms with Crippen molar-refractivity contribution in [3.05, 3.63) is 93.0 Å². The zero-order valence-corrected chi connectivity index (χ0v) is 21.4. The predicted octanol–water partition coefficient (Wildman–Crippen LogP) is 5.10. The molecule has 0 bridgehead atoms. The van der Waals surface area contributed by atoms with Gasteiger partial charge in [0.1, 0.15) is 5.02 Å². The van der Waals surface area contributed by atoms with Gasteiger partial charge in [0.15, 0.2) is 0 Å². The average molecular weight is 520 g/mol. The van der Waals surface area contributed by atoms with E-state index >= 15 is 0 Å². The highest BCUT2D eigenvalue weighted by Gasteiger charge is 2.32. The Kier molecular flexibility index (Phi) is 7.56. The van der Waals surface area contributed by atoms with E-state index in [1.165, 1.54) is 19.1 Å². The van der Waals surface area contributed by atoms with Gasteiger partial charge in [-0.2, -0.15) is 0 Å². The van der Waals surface area contributed by atoms with Crippen molar-refractivity contribution >= 4 is 57.4 Å². The van der Waals surface area contributed by atoms with Crippen molar-refractivity contribution in [3.8, 4) is 0 Å². The molecule has 1 aliphatic rings. The highest BCUT2D eigenvalue weighted by molar-refractivity contribution is 6.39. The molecular weight excluding hydrogens is 494 g/mol. The molecule has 0 saturated carbocycles. The molecule has 0 unspecified atom stereocenters. The minimum Gasteiger partial charge on any atom is -0.354 e. The van der Waals surface area contributed by atoms with Crippen LogP contribution < -0.4 is 15.5 Å². The molecule has 0 aliphatic carbocycles. The van der Waals surface area contributed by atoms with Crippen LogP contribution in [0.25, 0.3) is 11.3 Å². The Hall–Kier alpha value is -4.21. The highest BCUT2D eigenvalue weighted by atomic mass is 35.5. The number of nitrogens with one attached hydrogen (secondary N) is 2. The van der Waals surface area contributed by atoms with Crippen molar-refractivity contribution in [3.63, 3.8) is 0 Å². The van der Waals surface area contributed by atoms with Gasteiger partial charge in [-0.1, -0.05) is 41.9 Å². The third-order valence-corrected chi connectivity index (χ3v) is 6.24. The summed E-state index contributed by atoms with van der Waals surface area (Å²) in [6.07, 6.45) is 0. The second-order valence-corrected chi connectivity index (χ2v) is 9.23. The maximum absolute atomic E-state index is 13.1. The van der Waals surface area contributed by atoms with Crippen molar-refractivity contribution < 1.29 is 14.5 Å². The quantitative estimate of drug-likeness (QED) is 0.244. The lowest BCUT2D eigenvalue weighted by atomic mass is 9.99. The van der Waals surface area contributed by atoms with Gasteiger partial charge in [0.2, 0.25) is 5.91 Å². The lowest BCUT2D eigenvalue weighted by Crippen LogP contribution is -2.35. The summed E-state index contributed by atoms with van der Waals surface area (Å²) in [5, 5.41) is 17.5. The highest BCUT2D eigenvalue weighted by Crippen LogP contribution is 2.42. The zero-order valence-electron chi connectivity index (χ0n) is 20.6. The van der Waals surface area contributed by atoms with Crippen LogP contribution in [0.5, 0.6) is 0 Å². The first kappa shape index (κ1) is 25.9. The fraction of sp³-hybridized carbons (Fsp3) is 0.185. The number of anilines is 3. The number of hydrogen-bond acceptors (Lipinski definition) is 6. The molecule has 37 heavy (non-hydrogen) atoms. The first-order valence-electron chi connectivity index (χ1n) is 11.5. The number of carbonyl (C=O) groups is 2. The first-order chi connectivity index (χ1) is 17.7. The summed E-state index contributed by atoms with van der Waals surface area (Å²) in [6, 6.07) is 19.2. The molecule has 1 aliphatic heterocycles. The summed E-state index contributed by atoms with van der Waals surface area (Å²) in [7, 11) is 3.90. The molecule has 0 aromatic heterocycles. The SMILES string of the molecule is CC(=O)N(CCN(C)C)c1ccc(NC(=C2C(=O)Nc3cc(Cl)c([N+](=O)[O-])cc32)c2ccccc2)cc1. The molecule has 9 nitrogen and oxygen atoms in total. The summed E-state index contributed by atoms with van der Waals surface area (Å²) in [4.78, 5) is 40.0. The first-order valence-corrected chi connectivity index (χ1v) is 11.9. The van der Waals surface area contributed by atoms with Gasteiger partial charge in [-0.25, -0.2) is 0 Å². The fourth-order valence-corrected chi connectivity index (χ4v) is 4.32. The summed E-state index contributed by atoms with van der Waals surface area (Å²) in [5.74, 6) is -0.463.